The summed E-state index contributed by atoms with van der Waals surface area (Å²) in [6.07, 6.45) is 89.2. The Kier molecular flexibility index (Phi) is 67.5. The number of quaternary nitrogens is 1. The molecule has 0 aliphatic carbocycles. The number of esters is 2. The molecule has 0 aromatic carbocycles. The van der Waals surface area contributed by atoms with Crippen molar-refractivity contribution in [1.82, 2.24) is 0 Å². The summed E-state index contributed by atoms with van der Waals surface area (Å²) in [6, 6.07) is 0. The number of ether oxygens (including phenoxy) is 4. The molecule has 9 nitrogen and oxygen atoms in total. The van der Waals surface area contributed by atoms with Crippen molar-refractivity contribution >= 4 is 17.9 Å². The van der Waals surface area contributed by atoms with Gasteiger partial charge in [-0.2, -0.15) is 0 Å². The summed E-state index contributed by atoms with van der Waals surface area (Å²) in [5.41, 5.74) is 0. The first-order valence-electron chi connectivity index (χ1n) is 37.9. The predicted octanol–water partition coefficient (Wildman–Crippen LogP) is 22.5. The molecule has 9 heteroatoms. The van der Waals surface area contributed by atoms with Crippen LogP contribution in [0.25, 0.3) is 0 Å². The third kappa shape index (κ3) is 70.4. The van der Waals surface area contributed by atoms with Crippen LogP contribution in [0, 0.1) is 0 Å². The maximum Gasteiger partial charge on any atom is 0.306 e. The fourth-order valence-electron chi connectivity index (χ4n) is 11.3. The number of carboxylic acids is 1. The van der Waals surface area contributed by atoms with Crippen molar-refractivity contribution in [2.75, 3.05) is 47.5 Å². The smallest absolute Gasteiger partial charge is 0.306 e. The molecule has 0 N–H and O–H groups in total. The first kappa shape index (κ1) is 85.0. The first-order chi connectivity index (χ1) is 43.1. The van der Waals surface area contributed by atoms with Gasteiger partial charge < -0.3 is 33.3 Å². The normalized spacial score (nSPS) is 13.0. The molecule has 0 fully saturated rings. The van der Waals surface area contributed by atoms with Gasteiger partial charge in [-0.05, 0) is 57.8 Å². The molecule has 0 saturated heterocycles. The van der Waals surface area contributed by atoms with E-state index in [0.717, 1.165) is 77.0 Å². The maximum absolute atomic E-state index is 12.9. The lowest BCUT2D eigenvalue weighted by atomic mass is 10.0. The van der Waals surface area contributed by atoms with Crippen LogP contribution >= 0.6 is 0 Å². The Morgan fingerprint density at radius 2 is 0.648 bits per heavy atom. The Balaban J connectivity index is 3.95. The monoisotopic (exact) mass is 1240 g/mol. The van der Waals surface area contributed by atoms with Gasteiger partial charge in [-0.1, -0.05) is 357 Å². The van der Waals surface area contributed by atoms with Crippen molar-refractivity contribution in [1.29, 1.82) is 0 Å². The molecule has 0 radical (unpaired) electrons. The van der Waals surface area contributed by atoms with Crippen LogP contribution in [0.3, 0.4) is 0 Å². The van der Waals surface area contributed by atoms with E-state index in [2.05, 4.69) is 74.6 Å². The molecular weight excluding hydrogens is 1090 g/mol. The zero-order chi connectivity index (χ0) is 64.0. The van der Waals surface area contributed by atoms with Crippen LogP contribution in [0.2, 0.25) is 0 Å². The second kappa shape index (κ2) is 69.9. The summed E-state index contributed by atoms with van der Waals surface area (Å²) in [4.78, 5) is 37.5. The highest BCUT2D eigenvalue weighted by molar-refractivity contribution is 5.70. The van der Waals surface area contributed by atoms with E-state index in [4.69, 9.17) is 18.9 Å². The van der Waals surface area contributed by atoms with Crippen LogP contribution in [0.4, 0.5) is 0 Å². The second-order valence-electron chi connectivity index (χ2n) is 26.9. The van der Waals surface area contributed by atoms with E-state index in [9.17, 15) is 19.5 Å². The van der Waals surface area contributed by atoms with E-state index < -0.39 is 24.3 Å². The zero-order valence-corrected chi connectivity index (χ0v) is 58.9. The lowest BCUT2D eigenvalue weighted by Gasteiger charge is -2.26. The van der Waals surface area contributed by atoms with E-state index in [1.807, 2.05) is 21.1 Å². The van der Waals surface area contributed by atoms with Crippen LogP contribution in [-0.2, 0) is 33.3 Å². The van der Waals surface area contributed by atoms with Crippen molar-refractivity contribution in [3.8, 4) is 0 Å². The molecule has 0 aliphatic heterocycles. The van der Waals surface area contributed by atoms with Gasteiger partial charge in [0.1, 0.15) is 13.2 Å². The standard InChI is InChI=1S/C79H145NO8/c1-6-8-10-12-14-16-18-20-22-24-26-28-30-31-32-33-34-35-36-37-38-39-40-41-42-43-44-45-46-48-49-51-53-55-57-59-61-63-65-67-69-76(81)86-73-75(74-87-79(78(83)84)85-72-71-80(3,4)5)88-77(82)70-68-66-64-62-60-58-56-54-52-50-47-29-27-25-23-21-19-17-15-13-11-9-7-2/h9,11,15,17,21,23,27,29,50,52,75,79H,6-8,10,12-14,16,18-20,22,24-26,28,30-49,51,53-74H2,1-5H3/b11-9-,17-15-,23-21-,29-27-,52-50-. The Morgan fingerprint density at radius 1 is 0.352 bits per heavy atom. The van der Waals surface area contributed by atoms with Crippen molar-refractivity contribution in [3.63, 3.8) is 0 Å². The maximum atomic E-state index is 12.9. The molecule has 0 rings (SSSR count). The minimum absolute atomic E-state index is 0.145. The molecule has 0 bridgehead atoms. The number of carboxylic acid groups (broad SMARTS) is 1. The van der Waals surface area contributed by atoms with Gasteiger partial charge in [-0.25, -0.2) is 0 Å². The average molecular weight is 1240 g/mol. The van der Waals surface area contributed by atoms with Crippen molar-refractivity contribution in [2.24, 2.45) is 0 Å². The molecule has 0 aromatic heterocycles. The van der Waals surface area contributed by atoms with Crippen LogP contribution in [0.15, 0.2) is 60.8 Å². The van der Waals surface area contributed by atoms with E-state index in [1.54, 1.807) is 0 Å². The molecule has 0 saturated carbocycles. The number of rotatable bonds is 71. The number of carbonyl (C=O) groups is 3. The fourth-order valence-corrected chi connectivity index (χ4v) is 11.3. The van der Waals surface area contributed by atoms with Gasteiger partial charge in [0.25, 0.3) is 0 Å². The van der Waals surface area contributed by atoms with Crippen molar-refractivity contribution < 1.29 is 42.9 Å². The molecule has 2 unspecified atom stereocenters. The molecule has 514 valence electrons. The summed E-state index contributed by atoms with van der Waals surface area (Å²) >= 11 is 0. The number of hydrogen-bond acceptors (Lipinski definition) is 8. The van der Waals surface area contributed by atoms with Crippen molar-refractivity contribution in [3.05, 3.63) is 60.8 Å². The molecular formula is C79H145NO8. The highest BCUT2D eigenvalue weighted by Crippen LogP contribution is 2.19. The largest absolute Gasteiger partial charge is 0.545 e. The lowest BCUT2D eigenvalue weighted by molar-refractivity contribution is -0.870. The quantitative estimate of drug-likeness (QED) is 0.0195. The number of likely N-dealkylation sites (N-methyl/N-ethyl adjacent to an activating group) is 1. The van der Waals surface area contributed by atoms with E-state index in [0.29, 0.717) is 23.9 Å². The van der Waals surface area contributed by atoms with Gasteiger partial charge in [0.05, 0.1) is 40.3 Å². The molecule has 0 aliphatic rings. The number of allylic oxidation sites excluding steroid dienone is 10. The van der Waals surface area contributed by atoms with Crippen LogP contribution in [0.5, 0.6) is 0 Å². The zero-order valence-electron chi connectivity index (χ0n) is 58.9. The van der Waals surface area contributed by atoms with Gasteiger partial charge in [-0.3, -0.25) is 9.59 Å². The van der Waals surface area contributed by atoms with Gasteiger partial charge >= 0.3 is 11.9 Å². The summed E-state index contributed by atoms with van der Waals surface area (Å²) in [5, 5.41) is 11.8. The highest BCUT2D eigenvalue weighted by Gasteiger charge is 2.22. The Hall–Kier alpha value is -3.01. The van der Waals surface area contributed by atoms with Gasteiger partial charge in [0.2, 0.25) is 0 Å². The van der Waals surface area contributed by atoms with E-state index in [1.165, 1.54) is 257 Å². The second-order valence-corrected chi connectivity index (χ2v) is 26.9. The van der Waals surface area contributed by atoms with Crippen LogP contribution in [0.1, 0.15) is 367 Å². The lowest BCUT2D eigenvalue weighted by Crippen LogP contribution is -2.44. The molecule has 0 amide bonds. The Morgan fingerprint density at radius 3 is 0.966 bits per heavy atom. The minimum Gasteiger partial charge on any atom is -0.545 e. The van der Waals surface area contributed by atoms with Gasteiger partial charge in [0.15, 0.2) is 12.4 Å². The minimum atomic E-state index is -1.63. The third-order valence-corrected chi connectivity index (χ3v) is 17.0. The fraction of sp³-hybridized carbons (Fsp3) is 0.835. The summed E-state index contributed by atoms with van der Waals surface area (Å²) in [6.45, 7) is 4.67. The summed E-state index contributed by atoms with van der Waals surface area (Å²) in [7, 11) is 5.93. The van der Waals surface area contributed by atoms with Crippen LogP contribution in [-0.4, -0.2) is 82.3 Å². The predicted molar refractivity (Wildman–Crippen MR) is 375 cm³/mol. The average Bonchev–Trinajstić information content (AvgIpc) is 3.51. The highest BCUT2D eigenvalue weighted by atomic mass is 16.7. The van der Waals surface area contributed by atoms with E-state index in [-0.39, 0.29) is 32.2 Å². The first-order valence-corrected chi connectivity index (χ1v) is 37.9. The molecule has 88 heavy (non-hydrogen) atoms. The number of unbranched alkanes of at least 4 members (excludes halogenated alkanes) is 46. The summed E-state index contributed by atoms with van der Waals surface area (Å²) < 4.78 is 22.8. The van der Waals surface area contributed by atoms with Crippen molar-refractivity contribution in [2.45, 2.75) is 379 Å². The SMILES string of the molecule is CC/C=C\C/C=C\C/C=C\C/C=C\C/C=C\CCCCCCCCCC(=O)OC(COC(=O)CCCCCCCCCCCCCCCCCCCCCCCCCCCCCCCCCCCCCCCCCC)COC(OCC[N+](C)(C)C)C(=O)[O-]. The number of carbonyl (C=O) groups excluding carboxylic acids is 3. The molecule has 0 spiro atoms. The number of aliphatic carboxylic acids is 1. The van der Waals surface area contributed by atoms with E-state index >= 15 is 0 Å². The molecule has 0 aromatic rings. The Bertz CT molecular complexity index is 1630. The summed E-state index contributed by atoms with van der Waals surface area (Å²) in [5.74, 6) is -2.28. The van der Waals surface area contributed by atoms with Gasteiger partial charge in [-0.15, -0.1) is 0 Å². The van der Waals surface area contributed by atoms with Gasteiger partial charge in [0, 0.05) is 12.8 Å². The molecule has 2 atom stereocenters. The number of nitrogens with zero attached hydrogens (tertiary/aromatic N) is 1. The third-order valence-electron chi connectivity index (χ3n) is 17.0. The van der Waals surface area contributed by atoms with Crippen LogP contribution < -0.4 is 5.11 Å². The number of hydrogen-bond donors (Lipinski definition) is 0. The Labute approximate surface area is 545 Å². The molecule has 0 heterocycles. The topological polar surface area (TPSA) is 111 Å².